The van der Waals surface area contributed by atoms with Crippen molar-refractivity contribution in [3.05, 3.63) is 70.3 Å². The summed E-state index contributed by atoms with van der Waals surface area (Å²) in [6, 6.07) is 15.6. The molecule has 0 bridgehead atoms. The van der Waals surface area contributed by atoms with Crippen LogP contribution in [0.1, 0.15) is 12.1 Å². The van der Waals surface area contributed by atoms with Crippen LogP contribution in [0, 0.1) is 0 Å². The molecular formula is C19H17Cl2N3O2. The van der Waals surface area contributed by atoms with E-state index in [0.29, 0.717) is 34.3 Å². The zero-order chi connectivity index (χ0) is 18.5. The molecule has 0 saturated heterocycles. The second-order valence-electron chi connectivity index (χ2n) is 5.70. The fraction of sp³-hybridized carbons (Fsp3) is 0.158. The summed E-state index contributed by atoms with van der Waals surface area (Å²) in [6.45, 7) is 0.0419. The van der Waals surface area contributed by atoms with E-state index in [1.165, 1.54) is 4.68 Å². The van der Waals surface area contributed by atoms with Crippen LogP contribution in [0.15, 0.2) is 54.6 Å². The Balaban J connectivity index is 1.89. The molecule has 0 aliphatic rings. The Labute approximate surface area is 161 Å². The molecule has 2 N–H and O–H groups in total. The van der Waals surface area contributed by atoms with Crippen LogP contribution in [0.3, 0.4) is 0 Å². The van der Waals surface area contributed by atoms with Gasteiger partial charge in [-0.2, -0.15) is 9.78 Å². The van der Waals surface area contributed by atoms with E-state index < -0.39 is 0 Å². The lowest BCUT2D eigenvalue weighted by atomic mass is 10.1. The number of anilines is 1. The lowest BCUT2D eigenvalue weighted by molar-refractivity contribution is 0.249. The van der Waals surface area contributed by atoms with Crippen molar-refractivity contribution in [2.24, 2.45) is 0 Å². The highest BCUT2D eigenvalue weighted by atomic mass is 35.5. The van der Waals surface area contributed by atoms with E-state index in [0.717, 1.165) is 11.3 Å². The number of hydrogen-bond donors (Lipinski definition) is 2. The Bertz CT molecular complexity index is 890. The summed E-state index contributed by atoms with van der Waals surface area (Å²) < 4.78 is 1.33. The van der Waals surface area contributed by atoms with Crippen LogP contribution in [-0.2, 0) is 6.42 Å². The zero-order valence-electron chi connectivity index (χ0n) is 13.8. The number of rotatable bonds is 5. The fourth-order valence-corrected chi connectivity index (χ4v) is 2.76. The topological polar surface area (TPSA) is 67.2 Å². The third kappa shape index (κ3) is 4.43. The number of amides is 1. The summed E-state index contributed by atoms with van der Waals surface area (Å²) >= 11 is 11.8. The van der Waals surface area contributed by atoms with Crippen molar-refractivity contribution in [3.63, 3.8) is 0 Å². The number of aromatic nitrogens is 2. The van der Waals surface area contributed by atoms with Crippen molar-refractivity contribution in [2.45, 2.75) is 12.8 Å². The summed E-state index contributed by atoms with van der Waals surface area (Å²) in [5.74, 6) is 0. The van der Waals surface area contributed by atoms with Gasteiger partial charge < -0.3 is 10.4 Å². The Morgan fingerprint density at radius 1 is 1.04 bits per heavy atom. The first-order valence-electron chi connectivity index (χ1n) is 8.09. The van der Waals surface area contributed by atoms with Gasteiger partial charge >= 0.3 is 6.03 Å². The minimum Gasteiger partial charge on any atom is -0.396 e. The number of benzene rings is 2. The molecule has 3 rings (SSSR count). The van der Waals surface area contributed by atoms with Gasteiger partial charge in [-0.3, -0.25) is 0 Å². The fourth-order valence-electron chi connectivity index (χ4n) is 2.51. The van der Waals surface area contributed by atoms with Crippen molar-refractivity contribution in [1.82, 2.24) is 9.78 Å². The number of hydrogen-bond acceptors (Lipinski definition) is 3. The number of carbonyl (C=O) groups is 1. The highest BCUT2D eigenvalue weighted by Crippen LogP contribution is 2.22. The molecular weight excluding hydrogens is 373 g/mol. The van der Waals surface area contributed by atoms with E-state index in [4.69, 9.17) is 28.3 Å². The molecule has 0 radical (unpaired) electrons. The Hall–Kier alpha value is -2.34. The predicted molar refractivity (Wildman–Crippen MR) is 104 cm³/mol. The summed E-state index contributed by atoms with van der Waals surface area (Å²) in [5, 5.41) is 17.6. The van der Waals surface area contributed by atoms with Gasteiger partial charge in [-0.1, -0.05) is 35.3 Å². The number of carbonyl (C=O) groups excluding carboxylic acids is 1. The molecule has 26 heavy (non-hydrogen) atoms. The van der Waals surface area contributed by atoms with Crippen LogP contribution in [-0.4, -0.2) is 27.5 Å². The Morgan fingerprint density at radius 3 is 2.27 bits per heavy atom. The second kappa shape index (κ2) is 8.36. The first-order valence-corrected chi connectivity index (χ1v) is 8.85. The number of aliphatic hydroxyl groups is 1. The second-order valence-corrected chi connectivity index (χ2v) is 6.58. The minimum absolute atomic E-state index is 0.0419. The number of aryl methyl sites for hydroxylation is 1. The minimum atomic E-state index is -0.375. The molecule has 1 heterocycles. The largest absolute Gasteiger partial charge is 0.396 e. The summed E-state index contributed by atoms with van der Waals surface area (Å²) in [5.41, 5.74) is 2.87. The van der Waals surface area contributed by atoms with Gasteiger partial charge in [0.25, 0.3) is 0 Å². The van der Waals surface area contributed by atoms with Gasteiger partial charge in [0, 0.05) is 33.6 Å². The van der Waals surface area contributed by atoms with E-state index in [9.17, 15) is 4.79 Å². The van der Waals surface area contributed by atoms with Gasteiger partial charge in [0.15, 0.2) is 0 Å². The zero-order valence-corrected chi connectivity index (χ0v) is 15.3. The molecule has 3 aromatic rings. The molecule has 0 spiro atoms. The van der Waals surface area contributed by atoms with Gasteiger partial charge in [0.1, 0.15) is 0 Å². The molecule has 0 fully saturated rings. The maximum absolute atomic E-state index is 12.7. The standard InChI is InChI=1S/C19H17Cl2N3O2/c20-14-5-3-13(4-6-14)18-12-17(2-1-11-25)24(23-18)19(26)22-16-9-7-15(21)8-10-16/h3-10,12,25H,1-2,11H2,(H,22,26). The van der Waals surface area contributed by atoms with Crippen molar-refractivity contribution in [2.75, 3.05) is 11.9 Å². The number of nitrogens with zero attached hydrogens (tertiary/aromatic N) is 2. The van der Waals surface area contributed by atoms with E-state index in [2.05, 4.69) is 10.4 Å². The van der Waals surface area contributed by atoms with Crippen LogP contribution < -0.4 is 5.32 Å². The number of halogens is 2. The van der Waals surface area contributed by atoms with Crippen molar-refractivity contribution < 1.29 is 9.90 Å². The van der Waals surface area contributed by atoms with Crippen LogP contribution in [0.25, 0.3) is 11.3 Å². The lowest BCUT2D eigenvalue weighted by Gasteiger charge is -2.08. The molecule has 134 valence electrons. The van der Waals surface area contributed by atoms with Crippen LogP contribution in [0.5, 0.6) is 0 Å². The Morgan fingerprint density at radius 2 is 1.65 bits per heavy atom. The average molecular weight is 390 g/mol. The van der Waals surface area contributed by atoms with Crippen LogP contribution in [0.2, 0.25) is 10.0 Å². The molecule has 7 heteroatoms. The highest BCUT2D eigenvalue weighted by molar-refractivity contribution is 6.30. The molecule has 2 aromatic carbocycles. The van der Waals surface area contributed by atoms with Crippen molar-refractivity contribution in [1.29, 1.82) is 0 Å². The predicted octanol–water partition coefficient (Wildman–Crippen LogP) is 4.86. The summed E-state index contributed by atoms with van der Waals surface area (Å²) in [6.07, 6.45) is 1.07. The smallest absolute Gasteiger partial charge is 0.346 e. The van der Waals surface area contributed by atoms with Crippen molar-refractivity contribution in [3.8, 4) is 11.3 Å². The molecule has 0 unspecified atom stereocenters. The lowest BCUT2D eigenvalue weighted by Crippen LogP contribution is -2.23. The summed E-state index contributed by atoms with van der Waals surface area (Å²) in [7, 11) is 0. The highest BCUT2D eigenvalue weighted by Gasteiger charge is 2.15. The van der Waals surface area contributed by atoms with Gasteiger partial charge in [-0.05, 0) is 55.3 Å². The van der Waals surface area contributed by atoms with Gasteiger partial charge in [-0.15, -0.1) is 0 Å². The van der Waals surface area contributed by atoms with E-state index in [1.54, 1.807) is 36.4 Å². The first-order chi connectivity index (χ1) is 12.6. The molecule has 0 aliphatic carbocycles. The van der Waals surface area contributed by atoms with Crippen LogP contribution >= 0.6 is 23.2 Å². The summed E-state index contributed by atoms with van der Waals surface area (Å²) in [4.78, 5) is 12.7. The van der Waals surface area contributed by atoms with E-state index in [-0.39, 0.29) is 12.6 Å². The molecule has 0 atom stereocenters. The van der Waals surface area contributed by atoms with Crippen LogP contribution in [0.4, 0.5) is 10.5 Å². The van der Waals surface area contributed by atoms with Gasteiger partial charge in [-0.25, -0.2) is 4.79 Å². The SMILES string of the molecule is O=C(Nc1ccc(Cl)cc1)n1nc(-c2ccc(Cl)cc2)cc1CCCO. The first kappa shape index (κ1) is 18.5. The maximum atomic E-state index is 12.7. The molecule has 1 amide bonds. The quantitative estimate of drug-likeness (QED) is 0.654. The third-order valence-electron chi connectivity index (χ3n) is 3.80. The average Bonchev–Trinajstić information content (AvgIpc) is 3.07. The van der Waals surface area contributed by atoms with E-state index >= 15 is 0 Å². The molecule has 5 nitrogen and oxygen atoms in total. The third-order valence-corrected chi connectivity index (χ3v) is 4.31. The van der Waals surface area contributed by atoms with Crippen molar-refractivity contribution >= 4 is 34.9 Å². The Kier molecular flexibility index (Phi) is 5.93. The maximum Gasteiger partial charge on any atom is 0.346 e. The van der Waals surface area contributed by atoms with Gasteiger partial charge in [0.2, 0.25) is 0 Å². The molecule has 0 aliphatic heterocycles. The van der Waals surface area contributed by atoms with E-state index in [1.807, 2.05) is 18.2 Å². The number of aliphatic hydroxyl groups excluding tert-OH is 1. The number of nitrogens with one attached hydrogen (secondary N) is 1. The monoisotopic (exact) mass is 389 g/mol. The van der Waals surface area contributed by atoms with Gasteiger partial charge in [0.05, 0.1) is 5.69 Å². The molecule has 1 aromatic heterocycles. The normalized spacial score (nSPS) is 10.7. The molecule has 0 saturated carbocycles.